The standard InChI is InChI=1S/C25H35N3O5S/c1-6-27(18-19-10-13-23(32-4)24(16-19)33-5)25(29)21-17-20(34(30,31)26(2)3)11-12-22(21)28-14-8-7-9-15-28/h10-13,16-17H,6-9,14-15,18H2,1-5H3. The molecule has 0 saturated carbocycles. The fourth-order valence-electron chi connectivity index (χ4n) is 4.17. The van der Waals surface area contributed by atoms with Gasteiger partial charge in [0.25, 0.3) is 5.91 Å². The smallest absolute Gasteiger partial charge is 0.256 e. The van der Waals surface area contributed by atoms with Crippen molar-refractivity contribution in [2.24, 2.45) is 0 Å². The molecule has 0 radical (unpaired) electrons. The van der Waals surface area contributed by atoms with Crippen LogP contribution in [0.15, 0.2) is 41.3 Å². The van der Waals surface area contributed by atoms with E-state index in [2.05, 4.69) is 4.90 Å². The number of rotatable bonds is 9. The fraction of sp³-hybridized carbons (Fsp3) is 0.480. The van der Waals surface area contributed by atoms with E-state index in [0.717, 1.165) is 43.6 Å². The van der Waals surface area contributed by atoms with Crippen molar-refractivity contribution in [3.05, 3.63) is 47.5 Å². The summed E-state index contributed by atoms with van der Waals surface area (Å²) in [4.78, 5) is 17.8. The minimum Gasteiger partial charge on any atom is -0.493 e. The first-order valence-electron chi connectivity index (χ1n) is 11.5. The minimum atomic E-state index is -3.67. The molecule has 1 heterocycles. The average molecular weight is 490 g/mol. The first-order chi connectivity index (χ1) is 16.2. The number of amides is 1. The number of anilines is 1. The highest BCUT2D eigenvalue weighted by atomic mass is 32.2. The van der Waals surface area contributed by atoms with E-state index < -0.39 is 10.0 Å². The molecular formula is C25H35N3O5S. The molecule has 2 aromatic rings. The van der Waals surface area contributed by atoms with Crippen LogP contribution >= 0.6 is 0 Å². The maximum Gasteiger partial charge on any atom is 0.256 e. The lowest BCUT2D eigenvalue weighted by Gasteiger charge is -2.32. The highest BCUT2D eigenvalue weighted by Crippen LogP contribution is 2.31. The molecule has 1 amide bonds. The van der Waals surface area contributed by atoms with Crippen molar-refractivity contribution in [3.63, 3.8) is 0 Å². The highest BCUT2D eigenvalue weighted by Gasteiger charge is 2.26. The third kappa shape index (κ3) is 5.47. The number of sulfonamides is 1. The topological polar surface area (TPSA) is 79.4 Å². The van der Waals surface area contributed by atoms with Crippen LogP contribution in [0.25, 0.3) is 0 Å². The number of ether oxygens (including phenoxy) is 2. The number of benzene rings is 2. The molecule has 0 spiro atoms. The zero-order valence-electron chi connectivity index (χ0n) is 20.7. The van der Waals surface area contributed by atoms with Gasteiger partial charge in [0, 0.05) is 46.0 Å². The Morgan fingerprint density at radius 3 is 2.24 bits per heavy atom. The highest BCUT2D eigenvalue weighted by molar-refractivity contribution is 7.89. The normalized spacial score (nSPS) is 14.2. The van der Waals surface area contributed by atoms with Crippen molar-refractivity contribution in [2.75, 3.05) is 52.8 Å². The Bertz CT molecular complexity index is 1110. The van der Waals surface area contributed by atoms with E-state index >= 15 is 0 Å². The molecule has 0 atom stereocenters. The summed E-state index contributed by atoms with van der Waals surface area (Å²) in [6, 6.07) is 10.5. The summed E-state index contributed by atoms with van der Waals surface area (Å²) in [6.07, 6.45) is 3.26. The second kappa shape index (κ2) is 11.1. The van der Waals surface area contributed by atoms with Gasteiger partial charge in [-0.3, -0.25) is 4.79 Å². The molecule has 1 aliphatic rings. The number of nitrogens with zero attached hydrogens (tertiary/aromatic N) is 3. The summed E-state index contributed by atoms with van der Waals surface area (Å²) in [5, 5.41) is 0. The fourth-order valence-corrected chi connectivity index (χ4v) is 5.09. The maximum atomic E-state index is 13.8. The zero-order chi connectivity index (χ0) is 24.9. The van der Waals surface area contributed by atoms with E-state index in [9.17, 15) is 13.2 Å². The zero-order valence-corrected chi connectivity index (χ0v) is 21.5. The van der Waals surface area contributed by atoms with Crippen LogP contribution in [0, 0.1) is 0 Å². The molecule has 0 aliphatic carbocycles. The van der Waals surface area contributed by atoms with Crippen LogP contribution in [0.5, 0.6) is 11.5 Å². The molecule has 0 N–H and O–H groups in total. The van der Waals surface area contributed by atoms with Crippen LogP contribution in [0.1, 0.15) is 42.1 Å². The summed E-state index contributed by atoms with van der Waals surface area (Å²) in [5.74, 6) is 1.01. The third-order valence-corrected chi connectivity index (χ3v) is 7.98. The average Bonchev–Trinajstić information content (AvgIpc) is 2.86. The molecule has 1 saturated heterocycles. The molecule has 8 nitrogen and oxygen atoms in total. The van der Waals surface area contributed by atoms with Crippen LogP contribution in [0.2, 0.25) is 0 Å². The van der Waals surface area contributed by atoms with E-state index in [4.69, 9.17) is 9.47 Å². The largest absolute Gasteiger partial charge is 0.493 e. The van der Waals surface area contributed by atoms with Crippen molar-refractivity contribution >= 4 is 21.6 Å². The Morgan fingerprint density at radius 2 is 1.65 bits per heavy atom. The van der Waals surface area contributed by atoms with Gasteiger partial charge in [-0.05, 0) is 62.1 Å². The molecule has 0 bridgehead atoms. The lowest BCUT2D eigenvalue weighted by molar-refractivity contribution is 0.0752. The van der Waals surface area contributed by atoms with E-state index in [1.54, 1.807) is 31.3 Å². The van der Waals surface area contributed by atoms with E-state index in [0.29, 0.717) is 30.2 Å². The van der Waals surface area contributed by atoms with Crippen LogP contribution in [0.3, 0.4) is 0 Å². The van der Waals surface area contributed by atoms with Gasteiger partial charge in [0.1, 0.15) is 0 Å². The molecular weight excluding hydrogens is 454 g/mol. The Hall–Kier alpha value is -2.78. The third-order valence-electron chi connectivity index (χ3n) is 6.16. The Kier molecular flexibility index (Phi) is 8.43. The van der Waals surface area contributed by atoms with Crippen molar-refractivity contribution in [3.8, 4) is 11.5 Å². The summed E-state index contributed by atoms with van der Waals surface area (Å²) in [5.41, 5.74) is 2.09. The number of carbonyl (C=O) groups is 1. The second-order valence-electron chi connectivity index (χ2n) is 8.52. The minimum absolute atomic E-state index is 0.115. The maximum absolute atomic E-state index is 13.8. The van der Waals surface area contributed by atoms with Gasteiger partial charge in [-0.15, -0.1) is 0 Å². The van der Waals surface area contributed by atoms with Gasteiger partial charge in [0.2, 0.25) is 10.0 Å². The number of piperidine rings is 1. The molecule has 0 unspecified atom stereocenters. The van der Waals surface area contributed by atoms with Gasteiger partial charge >= 0.3 is 0 Å². The van der Waals surface area contributed by atoms with Crippen molar-refractivity contribution in [2.45, 2.75) is 37.6 Å². The second-order valence-corrected chi connectivity index (χ2v) is 10.7. The molecule has 0 aromatic heterocycles. The Balaban J connectivity index is 2.01. The van der Waals surface area contributed by atoms with Crippen LogP contribution in [-0.2, 0) is 16.6 Å². The lowest BCUT2D eigenvalue weighted by atomic mass is 10.1. The Morgan fingerprint density at radius 1 is 0.971 bits per heavy atom. The van der Waals surface area contributed by atoms with E-state index in [-0.39, 0.29) is 10.8 Å². The first kappa shape index (κ1) is 25.8. The number of hydrogen-bond donors (Lipinski definition) is 0. The van der Waals surface area contributed by atoms with Crippen LogP contribution < -0.4 is 14.4 Å². The predicted molar refractivity (Wildman–Crippen MR) is 133 cm³/mol. The first-order valence-corrected chi connectivity index (χ1v) is 13.0. The van der Waals surface area contributed by atoms with E-state index in [1.165, 1.54) is 24.5 Å². The molecule has 1 aliphatic heterocycles. The SMILES string of the molecule is CCN(Cc1ccc(OC)c(OC)c1)C(=O)c1cc(S(=O)(=O)N(C)C)ccc1N1CCCCC1. The van der Waals surface area contributed by atoms with Gasteiger partial charge < -0.3 is 19.3 Å². The summed E-state index contributed by atoms with van der Waals surface area (Å²) in [7, 11) is 2.46. The van der Waals surface area contributed by atoms with Crippen LogP contribution in [-0.4, -0.2) is 71.5 Å². The predicted octanol–water partition coefficient (Wildman–Crippen LogP) is 3.61. The van der Waals surface area contributed by atoms with E-state index in [1.807, 2.05) is 25.1 Å². The van der Waals surface area contributed by atoms with Gasteiger partial charge in [0.05, 0.1) is 24.7 Å². The molecule has 1 fully saturated rings. The Labute approximate surface area is 203 Å². The molecule has 34 heavy (non-hydrogen) atoms. The molecule has 3 rings (SSSR count). The molecule has 2 aromatic carbocycles. The van der Waals surface area contributed by atoms with Gasteiger partial charge in [-0.1, -0.05) is 6.07 Å². The number of methoxy groups -OCH3 is 2. The van der Waals surface area contributed by atoms with Gasteiger partial charge in [-0.2, -0.15) is 0 Å². The van der Waals surface area contributed by atoms with Crippen molar-refractivity contribution in [1.82, 2.24) is 9.21 Å². The van der Waals surface area contributed by atoms with Gasteiger partial charge in [0.15, 0.2) is 11.5 Å². The number of carbonyl (C=O) groups excluding carboxylic acids is 1. The number of hydrogen-bond acceptors (Lipinski definition) is 6. The summed E-state index contributed by atoms with van der Waals surface area (Å²) < 4.78 is 37.5. The van der Waals surface area contributed by atoms with Gasteiger partial charge in [-0.25, -0.2) is 12.7 Å². The van der Waals surface area contributed by atoms with Crippen LogP contribution in [0.4, 0.5) is 5.69 Å². The monoisotopic (exact) mass is 489 g/mol. The van der Waals surface area contributed by atoms with Crippen molar-refractivity contribution in [1.29, 1.82) is 0 Å². The molecule has 186 valence electrons. The lowest BCUT2D eigenvalue weighted by Crippen LogP contribution is -2.35. The summed E-state index contributed by atoms with van der Waals surface area (Å²) >= 11 is 0. The quantitative estimate of drug-likeness (QED) is 0.536. The summed E-state index contributed by atoms with van der Waals surface area (Å²) in [6.45, 7) is 4.44. The van der Waals surface area contributed by atoms with Crippen molar-refractivity contribution < 1.29 is 22.7 Å². The molecule has 9 heteroatoms.